The van der Waals surface area contributed by atoms with E-state index in [9.17, 15) is 8.42 Å². The van der Waals surface area contributed by atoms with Crippen LogP contribution in [0.1, 0.15) is 5.56 Å². The zero-order valence-electron chi connectivity index (χ0n) is 9.57. The Labute approximate surface area is 114 Å². The third kappa shape index (κ3) is 1.66. The minimum Gasteiger partial charge on any atom is -0.279 e. The molecule has 2 aromatic carbocycles. The molecule has 0 amide bonds. The van der Waals surface area contributed by atoms with Gasteiger partial charge < -0.3 is 0 Å². The number of aryl methyl sites for hydroxylation is 1. The van der Waals surface area contributed by atoms with Gasteiger partial charge >= 0.3 is 0 Å². The summed E-state index contributed by atoms with van der Waals surface area (Å²) in [6.07, 6.45) is 0. The molecule has 1 aliphatic rings. The van der Waals surface area contributed by atoms with Crippen molar-refractivity contribution >= 4 is 31.6 Å². The van der Waals surface area contributed by atoms with E-state index in [0.717, 1.165) is 21.2 Å². The first kappa shape index (κ1) is 11.7. The molecule has 0 bridgehead atoms. The van der Waals surface area contributed by atoms with E-state index in [1.165, 1.54) is 0 Å². The van der Waals surface area contributed by atoms with Gasteiger partial charge in [-0.25, -0.2) is 8.42 Å². The highest BCUT2D eigenvalue weighted by molar-refractivity contribution is 9.10. The standard InChI is InChI=1S/C13H10BrNO2S/c1-8-5-6-12-9(7-8)13-10(14)3-2-4-11(13)15-18(12,16)17/h2-7,15H,1H3. The Balaban J connectivity index is 2.45. The van der Waals surface area contributed by atoms with Crippen LogP contribution in [0.25, 0.3) is 11.1 Å². The molecule has 1 N–H and O–H groups in total. The first-order valence-electron chi connectivity index (χ1n) is 5.41. The lowest BCUT2D eigenvalue weighted by atomic mass is 10.0. The van der Waals surface area contributed by atoms with Crippen molar-refractivity contribution in [2.24, 2.45) is 0 Å². The van der Waals surface area contributed by atoms with E-state index in [1.54, 1.807) is 18.2 Å². The number of hydrogen-bond donors (Lipinski definition) is 1. The number of benzene rings is 2. The maximum Gasteiger partial charge on any atom is 0.262 e. The molecule has 2 aromatic rings. The zero-order chi connectivity index (χ0) is 12.9. The topological polar surface area (TPSA) is 46.2 Å². The maximum atomic E-state index is 12.1. The fourth-order valence-electron chi connectivity index (χ4n) is 2.16. The van der Waals surface area contributed by atoms with Gasteiger partial charge in [0.1, 0.15) is 0 Å². The average Bonchev–Trinajstić information content (AvgIpc) is 2.27. The van der Waals surface area contributed by atoms with E-state index in [4.69, 9.17) is 0 Å². The number of sulfonamides is 1. The summed E-state index contributed by atoms with van der Waals surface area (Å²) in [4.78, 5) is 0.326. The van der Waals surface area contributed by atoms with Crippen LogP contribution in [0.5, 0.6) is 0 Å². The number of halogens is 1. The number of nitrogens with one attached hydrogen (secondary N) is 1. The smallest absolute Gasteiger partial charge is 0.262 e. The third-order valence-corrected chi connectivity index (χ3v) is 5.04. The van der Waals surface area contributed by atoms with Gasteiger partial charge in [-0.3, -0.25) is 4.72 Å². The molecule has 92 valence electrons. The number of rotatable bonds is 0. The molecule has 5 heteroatoms. The molecule has 3 rings (SSSR count). The van der Waals surface area contributed by atoms with Gasteiger partial charge in [-0.2, -0.15) is 0 Å². The zero-order valence-corrected chi connectivity index (χ0v) is 12.0. The summed E-state index contributed by atoms with van der Waals surface area (Å²) in [5, 5.41) is 0. The van der Waals surface area contributed by atoms with Crippen LogP contribution in [-0.2, 0) is 10.0 Å². The van der Waals surface area contributed by atoms with Crippen molar-refractivity contribution in [1.29, 1.82) is 0 Å². The quantitative estimate of drug-likeness (QED) is 0.806. The Morgan fingerprint density at radius 2 is 1.94 bits per heavy atom. The molecule has 0 spiro atoms. The van der Waals surface area contributed by atoms with E-state index in [2.05, 4.69) is 20.7 Å². The fourth-order valence-corrected chi connectivity index (χ4v) is 4.00. The van der Waals surface area contributed by atoms with Crippen LogP contribution in [0.3, 0.4) is 0 Å². The van der Waals surface area contributed by atoms with Gasteiger partial charge in [0.15, 0.2) is 0 Å². The molecule has 0 atom stereocenters. The molecule has 0 saturated carbocycles. The lowest BCUT2D eigenvalue weighted by Crippen LogP contribution is -2.19. The lowest BCUT2D eigenvalue weighted by molar-refractivity contribution is 0.601. The molecule has 18 heavy (non-hydrogen) atoms. The van der Waals surface area contributed by atoms with Crippen molar-refractivity contribution in [3.8, 4) is 11.1 Å². The molecule has 1 aliphatic heterocycles. The van der Waals surface area contributed by atoms with Crippen LogP contribution in [0.15, 0.2) is 45.8 Å². The predicted octanol–water partition coefficient (Wildman–Crippen LogP) is 3.54. The highest BCUT2D eigenvalue weighted by Gasteiger charge is 2.28. The SMILES string of the molecule is Cc1ccc2c(c1)-c1c(Br)cccc1NS2(=O)=O. The Hall–Kier alpha value is -1.33. The van der Waals surface area contributed by atoms with Crippen LogP contribution in [0.2, 0.25) is 0 Å². The monoisotopic (exact) mass is 323 g/mol. The van der Waals surface area contributed by atoms with E-state index in [-0.39, 0.29) is 0 Å². The summed E-state index contributed by atoms with van der Waals surface area (Å²) < 4.78 is 27.7. The number of hydrogen-bond acceptors (Lipinski definition) is 2. The maximum absolute atomic E-state index is 12.1. The minimum absolute atomic E-state index is 0.326. The Bertz CT molecular complexity index is 754. The molecule has 0 saturated heterocycles. The van der Waals surface area contributed by atoms with E-state index in [1.807, 2.05) is 25.1 Å². The average molecular weight is 324 g/mol. The van der Waals surface area contributed by atoms with Gasteiger partial charge in [-0.05, 0) is 31.2 Å². The summed E-state index contributed by atoms with van der Waals surface area (Å²) in [5.41, 5.74) is 3.29. The predicted molar refractivity (Wildman–Crippen MR) is 75.1 cm³/mol. The second-order valence-corrected chi connectivity index (χ2v) is 6.77. The summed E-state index contributed by atoms with van der Waals surface area (Å²) in [6, 6.07) is 10.8. The van der Waals surface area contributed by atoms with Gasteiger partial charge in [0.25, 0.3) is 10.0 Å². The molecule has 0 unspecified atom stereocenters. The Morgan fingerprint density at radius 1 is 1.17 bits per heavy atom. The molecule has 3 nitrogen and oxygen atoms in total. The highest BCUT2D eigenvalue weighted by atomic mass is 79.9. The van der Waals surface area contributed by atoms with Crippen LogP contribution in [0.4, 0.5) is 5.69 Å². The largest absolute Gasteiger partial charge is 0.279 e. The lowest BCUT2D eigenvalue weighted by Gasteiger charge is -2.22. The van der Waals surface area contributed by atoms with Crippen molar-refractivity contribution in [2.45, 2.75) is 11.8 Å². The van der Waals surface area contributed by atoms with E-state index in [0.29, 0.717) is 10.6 Å². The third-order valence-electron chi connectivity index (χ3n) is 2.95. The number of anilines is 1. The van der Waals surface area contributed by atoms with E-state index >= 15 is 0 Å². The van der Waals surface area contributed by atoms with Crippen molar-refractivity contribution < 1.29 is 8.42 Å². The van der Waals surface area contributed by atoms with Crippen LogP contribution in [-0.4, -0.2) is 8.42 Å². The van der Waals surface area contributed by atoms with Gasteiger partial charge in [-0.15, -0.1) is 0 Å². The molecular formula is C13H10BrNO2S. The molecule has 0 fully saturated rings. The molecule has 1 heterocycles. The minimum atomic E-state index is -3.46. The summed E-state index contributed by atoms with van der Waals surface area (Å²) >= 11 is 3.48. The Kier molecular flexibility index (Phi) is 2.50. The molecular weight excluding hydrogens is 314 g/mol. The van der Waals surface area contributed by atoms with Crippen LogP contribution >= 0.6 is 15.9 Å². The van der Waals surface area contributed by atoms with Crippen LogP contribution < -0.4 is 4.72 Å². The van der Waals surface area contributed by atoms with Crippen molar-refractivity contribution in [3.63, 3.8) is 0 Å². The van der Waals surface area contributed by atoms with Crippen molar-refractivity contribution in [3.05, 3.63) is 46.4 Å². The summed E-state index contributed by atoms with van der Waals surface area (Å²) in [5.74, 6) is 0. The van der Waals surface area contributed by atoms with Crippen molar-refractivity contribution in [2.75, 3.05) is 4.72 Å². The van der Waals surface area contributed by atoms with E-state index < -0.39 is 10.0 Å². The molecule has 0 aliphatic carbocycles. The summed E-state index contributed by atoms with van der Waals surface area (Å²) in [6.45, 7) is 1.95. The normalized spacial score (nSPS) is 15.4. The highest BCUT2D eigenvalue weighted by Crippen LogP contribution is 2.43. The van der Waals surface area contributed by atoms with Crippen molar-refractivity contribution in [1.82, 2.24) is 0 Å². The van der Waals surface area contributed by atoms with Gasteiger partial charge in [-0.1, -0.05) is 33.6 Å². The van der Waals surface area contributed by atoms with Gasteiger partial charge in [0.05, 0.1) is 10.6 Å². The first-order valence-corrected chi connectivity index (χ1v) is 7.69. The summed E-state index contributed by atoms with van der Waals surface area (Å²) in [7, 11) is -3.46. The van der Waals surface area contributed by atoms with Crippen LogP contribution in [0, 0.1) is 6.92 Å². The molecule has 0 aromatic heterocycles. The van der Waals surface area contributed by atoms with Gasteiger partial charge in [0.2, 0.25) is 0 Å². The number of fused-ring (bicyclic) bond motifs is 3. The first-order chi connectivity index (χ1) is 8.49. The second kappa shape index (κ2) is 3.83. The second-order valence-electron chi connectivity index (χ2n) is 4.27. The Morgan fingerprint density at radius 3 is 2.72 bits per heavy atom. The fraction of sp³-hybridized carbons (Fsp3) is 0.0769. The molecule has 0 radical (unpaired) electrons. The van der Waals surface area contributed by atoms with Gasteiger partial charge in [0, 0.05) is 15.6 Å².